The van der Waals surface area contributed by atoms with Crippen LogP contribution in [0.2, 0.25) is 0 Å². The van der Waals surface area contributed by atoms with Crippen molar-refractivity contribution < 1.29 is 19.4 Å². The summed E-state index contributed by atoms with van der Waals surface area (Å²) in [5.74, 6) is -1.04. The number of amides is 1. The lowest BCUT2D eigenvalue weighted by molar-refractivity contribution is -0.143. The van der Waals surface area contributed by atoms with E-state index in [1.165, 1.54) is 11.0 Å². The third kappa shape index (κ3) is 5.38. The predicted molar refractivity (Wildman–Crippen MR) is 64.9 cm³/mol. The summed E-state index contributed by atoms with van der Waals surface area (Å²) in [6.45, 7) is 10.6. The van der Waals surface area contributed by atoms with Crippen LogP contribution in [0.5, 0.6) is 0 Å². The van der Waals surface area contributed by atoms with Crippen molar-refractivity contribution in [3.05, 3.63) is 12.7 Å². The minimum absolute atomic E-state index is 0.153. The molecule has 0 radical (unpaired) electrons. The van der Waals surface area contributed by atoms with Gasteiger partial charge in [-0.1, -0.05) is 13.0 Å². The fraction of sp³-hybridized carbons (Fsp3) is 0.667. The van der Waals surface area contributed by atoms with E-state index in [0.717, 1.165) is 0 Å². The molecule has 0 aliphatic heterocycles. The molecule has 98 valence electrons. The van der Waals surface area contributed by atoms with Crippen LogP contribution in [-0.4, -0.2) is 40.3 Å². The van der Waals surface area contributed by atoms with E-state index in [1.807, 2.05) is 0 Å². The maximum Gasteiger partial charge on any atom is 0.411 e. The summed E-state index contributed by atoms with van der Waals surface area (Å²) >= 11 is 0. The first-order valence-electron chi connectivity index (χ1n) is 5.56. The molecule has 1 unspecified atom stereocenters. The van der Waals surface area contributed by atoms with Crippen molar-refractivity contribution >= 4 is 12.1 Å². The van der Waals surface area contributed by atoms with E-state index in [4.69, 9.17) is 9.84 Å². The molecular formula is C12H21NO4. The van der Waals surface area contributed by atoms with Crippen molar-refractivity contribution in [3.63, 3.8) is 0 Å². The average Bonchev–Trinajstić information content (AvgIpc) is 2.14. The summed E-state index contributed by atoms with van der Waals surface area (Å²) in [6, 6.07) is -0.886. The Bertz CT molecular complexity index is 293. The van der Waals surface area contributed by atoms with Crippen molar-refractivity contribution in [2.24, 2.45) is 0 Å². The van der Waals surface area contributed by atoms with E-state index >= 15 is 0 Å². The van der Waals surface area contributed by atoms with Gasteiger partial charge in [0.1, 0.15) is 11.6 Å². The van der Waals surface area contributed by atoms with Gasteiger partial charge in [-0.3, -0.25) is 4.90 Å². The van der Waals surface area contributed by atoms with Gasteiger partial charge in [0.15, 0.2) is 0 Å². The highest BCUT2D eigenvalue weighted by molar-refractivity contribution is 5.80. The molecule has 1 atom stereocenters. The lowest BCUT2D eigenvalue weighted by Crippen LogP contribution is -2.47. The maximum atomic E-state index is 11.8. The zero-order valence-electron chi connectivity index (χ0n) is 10.9. The molecule has 0 aromatic heterocycles. The SMILES string of the molecule is C=CCN(C(=O)OC(C)(C)C)C(CC)C(=O)O. The summed E-state index contributed by atoms with van der Waals surface area (Å²) in [5, 5.41) is 9.03. The number of aliphatic carboxylic acids is 1. The zero-order valence-corrected chi connectivity index (χ0v) is 10.9. The first-order valence-corrected chi connectivity index (χ1v) is 5.56. The number of carbonyl (C=O) groups is 2. The Hall–Kier alpha value is -1.52. The van der Waals surface area contributed by atoms with E-state index in [-0.39, 0.29) is 6.54 Å². The van der Waals surface area contributed by atoms with Gasteiger partial charge in [-0.2, -0.15) is 0 Å². The molecular weight excluding hydrogens is 222 g/mol. The van der Waals surface area contributed by atoms with Gasteiger partial charge in [0, 0.05) is 6.54 Å². The van der Waals surface area contributed by atoms with Crippen LogP contribution in [0.25, 0.3) is 0 Å². The minimum Gasteiger partial charge on any atom is -0.480 e. The number of carboxylic acids is 1. The number of ether oxygens (including phenoxy) is 1. The standard InChI is InChI=1S/C12H21NO4/c1-6-8-13(9(7-2)10(14)15)11(16)17-12(3,4)5/h6,9H,1,7-8H2,2-5H3,(H,14,15). The number of rotatable bonds is 5. The predicted octanol–water partition coefficient (Wildman–Crippen LogP) is 2.27. The molecule has 0 fully saturated rings. The van der Waals surface area contributed by atoms with Crippen molar-refractivity contribution in [3.8, 4) is 0 Å². The molecule has 1 amide bonds. The van der Waals surface area contributed by atoms with Crippen molar-refractivity contribution in [1.82, 2.24) is 4.90 Å². The molecule has 0 rings (SSSR count). The summed E-state index contributed by atoms with van der Waals surface area (Å²) in [5.41, 5.74) is -0.646. The lowest BCUT2D eigenvalue weighted by atomic mass is 10.2. The smallest absolute Gasteiger partial charge is 0.411 e. The van der Waals surface area contributed by atoms with E-state index in [2.05, 4.69) is 6.58 Å². The van der Waals surface area contributed by atoms with E-state index in [9.17, 15) is 9.59 Å². The van der Waals surface area contributed by atoms with Crippen LogP contribution < -0.4 is 0 Å². The highest BCUT2D eigenvalue weighted by Gasteiger charge is 2.30. The van der Waals surface area contributed by atoms with Gasteiger partial charge in [-0.15, -0.1) is 6.58 Å². The first kappa shape index (κ1) is 15.5. The van der Waals surface area contributed by atoms with Gasteiger partial charge in [0.05, 0.1) is 0 Å². The number of carbonyl (C=O) groups excluding carboxylic acids is 1. The topological polar surface area (TPSA) is 66.8 Å². The second-order valence-corrected chi connectivity index (χ2v) is 4.68. The van der Waals surface area contributed by atoms with Crippen molar-refractivity contribution in [1.29, 1.82) is 0 Å². The highest BCUT2D eigenvalue weighted by atomic mass is 16.6. The number of nitrogens with zero attached hydrogens (tertiary/aromatic N) is 1. The summed E-state index contributed by atoms with van der Waals surface area (Å²) in [6.07, 6.45) is 1.17. The zero-order chi connectivity index (χ0) is 13.6. The largest absolute Gasteiger partial charge is 0.480 e. The van der Waals surface area contributed by atoms with Crippen molar-refractivity contribution in [2.45, 2.75) is 45.8 Å². The van der Waals surface area contributed by atoms with Gasteiger partial charge in [-0.25, -0.2) is 9.59 Å². The Morgan fingerprint density at radius 1 is 1.47 bits per heavy atom. The molecule has 0 bridgehead atoms. The Morgan fingerprint density at radius 3 is 2.29 bits per heavy atom. The first-order chi connectivity index (χ1) is 7.72. The molecule has 0 saturated carbocycles. The van der Waals surface area contributed by atoms with E-state index in [1.54, 1.807) is 27.7 Å². The third-order valence-electron chi connectivity index (χ3n) is 2.00. The van der Waals surface area contributed by atoms with Gasteiger partial charge in [-0.05, 0) is 27.2 Å². The van der Waals surface area contributed by atoms with Crippen LogP contribution in [0.3, 0.4) is 0 Å². The number of hydrogen-bond donors (Lipinski definition) is 1. The molecule has 1 N–H and O–H groups in total. The number of hydrogen-bond acceptors (Lipinski definition) is 3. The second kappa shape index (κ2) is 6.27. The number of carboxylic acid groups (broad SMARTS) is 1. The minimum atomic E-state index is -1.04. The molecule has 0 spiro atoms. The Balaban J connectivity index is 4.88. The molecule has 5 heteroatoms. The Morgan fingerprint density at radius 2 is 2.00 bits per heavy atom. The van der Waals surface area contributed by atoms with Crippen LogP contribution in [0, 0.1) is 0 Å². The highest BCUT2D eigenvalue weighted by Crippen LogP contribution is 2.13. The summed E-state index contributed by atoms with van der Waals surface area (Å²) in [4.78, 5) is 24.0. The van der Waals surface area contributed by atoms with Crippen LogP contribution in [0.1, 0.15) is 34.1 Å². The second-order valence-electron chi connectivity index (χ2n) is 4.68. The van der Waals surface area contributed by atoms with Crippen LogP contribution >= 0.6 is 0 Å². The van der Waals surface area contributed by atoms with Gasteiger partial charge >= 0.3 is 12.1 Å². The summed E-state index contributed by atoms with van der Waals surface area (Å²) in [7, 11) is 0. The molecule has 0 aromatic carbocycles. The van der Waals surface area contributed by atoms with Gasteiger partial charge in [0.2, 0.25) is 0 Å². The van der Waals surface area contributed by atoms with Crippen LogP contribution in [0.4, 0.5) is 4.79 Å². The molecule has 17 heavy (non-hydrogen) atoms. The van der Waals surface area contributed by atoms with Crippen molar-refractivity contribution in [2.75, 3.05) is 6.54 Å². The summed E-state index contributed by atoms with van der Waals surface area (Å²) < 4.78 is 5.16. The average molecular weight is 243 g/mol. The van der Waals surface area contributed by atoms with E-state index < -0.39 is 23.7 Å². The lowest BCUT2D eigenvalue weighted by Gasteiger charge is -2.30. The quantitative estimate of drug-likeness (QED) is 0.752. The normalized spacial score (nSPS) is 12.7. The fourth-order valence-electron chi connectivity index (χ4n) is 1.32. The Labute approximate surface area is 102 Å². The molecule has 0 aliphatic rings. The van der Waals surface area contributed by atoms with Crippen LogP contribution in [0.15, 0.2) is 12.7 Å². The van der Waals surface area contributed by atoms with Crippen LogP contribution in [-0.2, 0) is 9.53 Å². The monoisotopic (exact) mass is 243 g/mol. The maximum absolute atomic E-state index is 11.8. The van der Waals surface area contributed by atoms with E-state index in [0.29, 0.717) is 6.42 Å². The van der Waals surface area contributed by atoms with Gasteiger partial charge in [0.25, 0.3) is 0 Å². The molecule has 0 aliphatic carbocycles. The molecule has 0 heterocycles. The van der Waals surface area contributed by atoms with Gasteiger partial charge < -0.3 is 9.84 Å². The fourth-order valence-corrected chi connectivity index (χ4v) is 1.32. The Kier molecular flexibility index (Phi) is 5.71. The molecule has 5 nitrogen and oxygen atoms in total. The third-order valence-corrected chi connectivity index (χ3v) is 2.00. The molecule has 0 aromatic rings. The molecule has 0 saturated heterocycles.